The highest BCUT2D eigenvalue weighted by atomic mass is 19.1. The van der Waals surface area contributed by atoms with Crippen molar-refractivity contribution in [2.24, 2.45) is 0 Å². The Bertz CT molecular complexity index is 1350. The van der Waals surface area contributed by atoms with Gasteiger partial charge in [0.15, 0.2) is 0 Å². The summed E-state index contributed by atoms with van der Waals surface area (Å²) in [5, 5.41) is 0. The number of carbonyl (C=O) groups is 1. The van der Waals surface area contributed by atoms with Gasteiger partial charge in [-0.3, -0.25) is 14.7 Å². The molecule has 1 amide bonds. The number of pyridine rings is 1. The first-order valence-electron chi connectivity index (χ1n) is 13.7. The fourth-order valence-electron chi connectivity index (χ4n) is 5.13. The van der Waals surface area contributed by atoms with E-state index in [1.54, 1.807) is 23.2 Å². The quantitative estimate of drug-likeness (QED) is 0.441. The SMILES string of the molecule is CCCc1ccc(C#Cc2c(CC)ncnc2-c2ccc(C(=O)N3CCN(C4CCC4)CC3)c(F)c2)cn1. The first-order valence-corrected chi connectivity index (χ1v) is 13.7. The molecule has 38 heavy (non-hydrogen) atoms. The van der Waals surface area contributed by atoms with Gasteiger partial charge in [0.2, 0.25) is 0 Å². The molecule has 0 spiro atoms. The minimum Gasteiger partial charge on any atom is -0.336 e. The molecule has 0 unspecified atom stereocenters. The van der Waals surface area contributed by atoms with Gasteiger partial charge >= 0.3 is 0 Å². The fourth-order valence-corrected chi connectivity index (χ4v) is 5.13. The molecule has 2 aliphatic rings. The summed E-state index contributed by atoms with van der Waals surface area (Å²) >= 11 is 0. The summed E-state index contributed by atoms with van der Waals surface area (Å²) in [6, 6.07) is 9.35. The fraction of sp³-hybridized carbons (Fsp3) is 0.419. The van der Waals surface area contributed by atoms with Gasteiger partial charge in [-0.05, 0) is 49.9 Å². The minimum atomic E-state index is -0.541. The van der Waals surface area contributed by atoms with E-state index in [0.717, 1.165) is 42.9 Å². The van der Waals surface area contributed by atoms with Crippen molar-refractivity contribution in [1.82, 2.24) is 24.8 Å². The van der Waals surface area contributed by atoms with Crippen LogP contribution < -0.4 is 0 Å². The molecular weight excluding hydrogens is 477 g/mol. The molecule has 1 saturated carbocycles. The summed E-state index contributed by atoms with van der Waals surface area (Å²) in [6.45, 7) is 7.12. The number of aromatic nitrogens is 3. The molecular formula is C31H34FN5O. The molecule has 2 aromatic heterocycles. The van der Waals surface area contributed by atoms with Gasteiger partial charge in [-0.1, -0.05) is 44.6 Å². The molecule has 6 nitrogen and oxygen atoms in total. The number of hydrogen-bond donors (Lipinski definition) is 0. The Morgan fingerprint density at radius 3 is 2.47 bits per heavy atom. The second-order valence-electron chi connectivity index (χ2n) is 10.0. The van der Waals surface area contributed by atoms with E-state index in [0.29, 0.717) is 42.4 Å². The van der Waals surface area contributed by atoms with Gasteiger partial charge in [0.1, 0.15) is 12.1 Å². The maximum Gasteiger partial charge on any atom is 0.256 e. The smallest absolute Gasteiger partial charge is 0.256 e. The molecule has 196 valence electrons. The number of nitrogens with zero attached hydrogens (tertiary/aromatic N) is 5. The topological polar surface area (TPSA) is 62.2 Å². The van der Waals surface area contributed by atoms with Gasteiger partial charge < -0.3 is 4.90 Å². The lowest BCUT2D eigenvalue weighted by molar-refractivity contribution is 0.0452. The molecule has 0 atom stereocenters. The van der Waals surface area contributed by atoms with Crippen molar-refractivity contribution in [3.05, 3.63) is 76.8 Å². The standard InChI is InChI=1S/C31H34FN5O/c1-3-6-24-12-9-22(20-33-24)10-13-27-29(4-2)34-21-35-30(27)23-11-14-26(28(32)19-23)31(38)37-17-15-36(16-18-37)25-7-5-8-25/h9,11-12,14,19-21,25H,3-8,15-18H2,1-2H3. The van der Waals surface area contributed by atoms with Crippen molar-refractivity contribution in [1.29, 1.82) is 0 Å². The van der Waals surface area contributed by atoms with Crippen molar-refractivity contribution in [2.45, 2.75) is 58.4 Å². The average Bonchev–Trinajstić information content (AvgIpc) is 2.92. The van der Waals surface area contributed by atoms with E-state index >= 15 is 4.39 Å². The number of amides is 1. The van der Waals surface area contributed by atoms with Gasteiger partial charge in [0.25, 0.3) is 5.91 Å². The molecule has 1 aromatic carbocycles. The number of piperazine rings is 1. The molecule has 1 aliphatic heterocycles. The first kappa shape index (κ1) is 26.0. The number of halogens is 1. The van der Waals surface area contributed by atoms with Crippen LogP contribution in [0.5, 0.6) is 0 Å². The van der Waals surface area contributed by atoms with Crippen molar-refractivity contribution in [3.63, 3.8) is 0 Å². The second-order valence-corrected chi connectivity index (χ2v) is 10.0. The Balaban J connectivity index is 1.37. The Hall–Kier alpha value is -3.63. The van der Waals surface area contributed by atoms with Crippen molar-refractivity contribution >= 4 is 5.91 Å². The summed E-state index contributed by atoms with van der Waals surface area (Å²) in [6.07, 6.45) is 9.70. The largest absolute Gasteiger partial charge is 0.336 e. The zero-order valence-corrected chi connectivity index (χ0v) is 22.2. The lowest BCUT2D eigenvalue weighted by Gasteiger charge is -2.42. The highest BCUT2D eigenvalue weighted by Gasteiger charge is 2.30. The van der Waals surface area contributed by atoms with Crippen LogP contribution in [0, 0.1) is 17.7 Å². The lowest BCUT2D eigenvalue weighted by atomic mass is 9.91. The van der Waals surface area contributed by atoms with E-state index in [2.05, 4.69) is 38.6 Å². The third-order valence-electron chi connectivity index (χ3n) is 7.59. The van der Waals surface area contributed by atoms with Crippen molar-refractivity contribution in [3.8, 4) is 23.1 Å². The monoisotopic (exact) mass is 511 g/mol. The van der Waals surface area contributed by atoms with E-state index in [9.17, 15) is 4.79 Å². The van der Waals surface area contributed by atoms with Crippen LogP contribution in [0.1, 0.15) is 72.4 Å². The molecule has 5 rings (SSSR count). The lowest BCUT2D eigenvalue weighted by Crippen LogP contribution is -2.53. The molecule has 0 radical (unpaired) electrons. The van der Waals surface area contributed by atoms with Gasteiger partial charge in [-0.25, -0.2) is 14.4 Å². The van der Waals surface area contributed by atoms with Crippen molar-refractivity contribution < 1.29 is 9.18 Å². The Morgan fingerprint density at radius 1 is 1.03 bits per heavy atom. The number of hydrogen-bond acceptors (Lipinski definition) is 5. The van der Waals surface area contributed by atoms with Crippen molar-refractivity contribution in [2.75, 3.05) is 26.2 Å². The van der Waals surface area contributed by atoms with Crippen LogP contribution in [0.4, 0.5) is 4.39 Å². The predicted octanol–water partition coefficient (Wildman–Crippen LogP) is 4.90. The van der Waals surface area contributed by atoms with Crippen LogP contribution in [0.2, 0.25) is 0 Å². The van der Waals surface area contributed by atoms with E-state index in [4.69, 9.17) is 0 Å². The van der Waals surface area contributed by atoms with E-state index in [1.807, 2.05) is 19.1 Å². The van der Waals surface area contributed by atoms with Crippen LogP contribution in [0.3, 0.4) is 0 Å². The third-order valence-corrected chi connectivity index (χ3v) is 7.59. The second kappa shape index (κ2) is 11.8. The Kier molecular flexibility index (Phi) is 8.09. The van der Waals surface area contributed by atoms with Gasteiger partial charge in [-0.2, -0.15) is 0 Å². The molecule has 7 heteroatoms. The maximum atomic E-state index is 15.3. The first-order chi connectivity index (χ1) is 18.6. The molecule has 3 heterocycles. The number of carbonyl (C=O) groups excluding carboxylic acids is 1. The zero-order chi connectivity index (χ0) is 26.5. The predicted molar refractivity (Wildman–Crippen MR) is 146 cm³/mol. The average molecular weight is 512 g/mol. The zero-order valence-electron chi connectivity index (χ0n) is 22.2. The Morgan fingerprint density at radius 2 is 1.84 bits per heavy atom. The minimum absolute atomic E-state index is 0.0986. The van der Waals surface area contributed by atoms with Gasteiger partial charge in [0, 0.05) is 55.2 Å². The molecule has 3 aromatic rings. The van der Waals surface area contributed by atoms with E-state index in [-0.39, 0.29) is 11.5 Å². The molecule has 1 aliphatic carbocycles. The number of benzene rings is 1. The highest BCUT2D eigenvalue weighted by Crippen LogP contribution is 2.28. The highest BCUT2D eigenvalue weighted by molar-refractivity contribution is 5.95. The Labute approximate surface area is 224 Å². The molecule has 2 fully saturated rings. The van der Waals surface area contributed by atoms with Crippen LogP contribution in [0.25, 0.3) is 11.3 Å². The summed E-state index contributed by atoms with van der Waals surface area (Å²) in [4.78, 5) is 30.7. The summed E-state index contributed by atoms with van der Waals surface area (Å²) in [5.41, 5.74) is 4.54. The normalized spacial score (nSPS) is 16.0. The van der Waals surface area contributed by atoms with Crippen LogP contribution in [-0.2, 0) is 12.8 Å². The molecule has 1 saturated heterocycles. The number of aryl methyl sites for hydroxylation is 2. The van der Waals surface area contributed by atoms with Crippen LogP contribution >= 0.6 is 0 Å². The summed E-state index contributed by atoms with van der Waals surface area (Å²) in [5.74, 6) is 5.59. The summed E-state index contributed by atoms with van der Waals surface area (Å²) in [7, 11) is 0. The number of rotatable bonds is 6. The molecule has 0 N–H and O–H groups in total. The van der Waals surface area contributed by atoms with Crippen LogP contribution in [-0.4, -0.2) is 62.9 Å². The molecule has 0 bridgehead atoms. The maximum absolute atomic E-state index is 15.3. The third kappa shape index (κ3) is 5.61. The van der Waals surface area contributed by atoms with Gasteiger partial charge in [-0.15, -0.1) is 0 Å². The van der Waals surface area contributed by atoms with E-state index in [1.165, 1.54) is 31.7 Å². The van der Waals surface area contributed by atoms with E-state index < -0.39 is 5.82 Å². The summed E-state index contributed by atoms with van der Waals surface area (Å²) < 4.78 is 15.3. The van der Waals surface area contributed by atoms with Crippen LogP contribution in [0.15, 0.2) is 42.9 Å². The van der Waals surface area contributed by atoms with Gasteiger partial charge in [0.05, 0.1) is 22.5 Å².